The van der Waals surface area contributed by atoms with Crippen LogP contribution >= 0.6 is 11.3 Å². The highest BCUT2D eigenvalue weighted by atomic mass is 32.1. The molecule has 1 rings (SSSR count). The highest BCUT2D eigenvalue weighted by molar-refractivity contribution is 7.11. The van der Waals surface area contributed by atoms with Crippen molar-refractivity contribution in [1.82, 2.24) is 4.98 Å². The molecule has 0 aliphatic carbocycles. The summed E-state index contributed by atoms with van der Waals surface area (Å²) in [5, 5.41) is 4.88. The molecule has 0 fully saturated rings. The maximum absolute atomic E-state index is 4.66. The molecule has 0 bridgehead atoms. The minimum absolute atomic E-state index is 0.228. The zero-order valence-corrected chi connectivity index (χ0v) is 10.5. The SMILES string of the molecule is C[SiH](C)c1csc(C(C)(C)C)n1. The first-order chi connectivity index (χ1) is 5.41. The summed E-state index contributed by atoms with van der Waals surface area (Å²) in [4.78, 5) is 4.66. The molecule has 0 saturated heterocycles. The second kappa shape index (κ2) is 3.30. The van der Waals surface area contributed by atoms with Crippen molar-refractivity contribution < 1.29 is 0 Å². The normalized spacial score (nSPS) is 12.5. The first-order valence-corrected chi connectivity index (χ1v) is 8.14. The van der Waals surface area contributed by atoms with Crippen molar-refractivity contribution in [2.45, 2.75) is 39.3 Å². The number of nitrogens with zero attached hydrogens (tertiary/aromatic N) is 1. The van der Waals surface area contributed by atoms with E-state index in [0.29, 0.717) is 0 Å². The summed E-state index contributed by atoms with van der Waals surface area (Å²) >= 11 is 1.81. The van der Waals surface area contributed by atoms with Gasteiger partial charge in [-0.25, -0.2) is 0 Å². The number of thiazole rings is 1. The summed E-state index contributed by atoms with van der Waals surface area (Å²) in [6, 6.07) is 0. The van der Waals surface area contributed by atoms with Crippen LogP contribution in [0.25, 0.3) is 0 Å². The van der Waals surface area contributed by atoms with Crippen molar-refractivity contribution in [2.75, 3.05) is 0 Å². The van der Waals surface area contributed by atoms with E-state index in [1.54, 1.807) is 0 Å². The number of aromatic nitrogens is 1. The number of hydrogen-bond donors (Lipinski definition) is 0. The van der Waals surface area contributed by atoms with Crippen LogP contribution in [0.3, 0.4) is 0 Å². The average molecular weight is 199 g/mol. The predicted octanol–water partition coefficient (Wildman–Crippen LogP) is 2.13. The molecule has 0 aromatic carbocycles. The molecule has 0 saturated carbocycles. The van der Waals surface area contributed by atoms with Gasteiger partial charge < -0.3 is 0 Å². The van der Waals surface area contributed by atoms with E-state index in [2.05, 4.69) is 44.2 Å². The van der Waals surface area contributed by atoms with E-state index < -0.39 is 8.80 Å². The van der Waals surface area contributed by atoms with Gasteiger partial charge in [-0.2, -0.15) is 0 Å². The van der Waals surface area contributed by atoms with Gasteiger partial charge in [0.15, 0.2) is 0 Å². The van der Waals surface area contributed by atoms with E-state index in [4.69, 9.17) is 0 Å². The highest BCUT2D eigenvalue weighted by Gasteiger charge is 2.18. The van der Waals surface area contributed by atoms with Crippen LogP contribution in [0.4, 0.5) is 0 Å². The summed E-state index contributed by atoms with van der Waals surface area (Å²) < 4.78 is 0. The molecule has 12 heavy (non-hydrogen) atoms. The minimum atomic E-state index is -0.681. The molecule has 0 aliphatic rings. The van der Waals surface area contributed by atoms with Crippen LogP contribution in [0.2, 0.25) is 13.1 Å². The van der Waals surface area contributed by atoms with E-state index in [9.17, 15) is 0 Å². The van der Waals surface area contributed by atoms with Crippen molar-refractivity contribution in [1.29, 1.82) is 0 Å². The van der Waals surface area contributed by atoms with Gasteiger partial charge in [0.25, 0.3) is 0 Å². The first-order valence-electron chi connectivity index (χ1n) is 4.37. The van der Waals surface area contributed by atoms with E-state index >= 15 is 0 Å². The summed E-state index contributed by atoms with van der Waals surface area (Å²) in [5.74, 6) is 0. The number of rotatable bonds is 1. The van der Waals surface area contributed by atoms with Gasteiger partial charge in [0.1, 0.15) is 0 Å². The lowest BCUT2D eigenvalue weighted by molar-refractivity contribution is 0.586. The Morgan fingerprint density at radius 2 is 1.92 bits per heavy atom. The average Bonchev–Trinajstić information content (AvgIpc) is 2.30. The molecule has 1 aromatic heterocycles. The molecule has 0 unspecified atom stereocenters. The Kier molecular flexibility index (Phi) is 2.73. The maximum atomic E-state index is 4.66. The van der Waals surface area contributed by atoms with E-state index in [0.717, 1.165) is 0 Å². The largest absolute Gasteiger partial charge is 0.251 e. The fraction of sp³-hybridized carbons (Fsp3) is 0.667. The second-order valence-electron chi connectivity index (χ2n) is 4.48. The maximum Gasteiger partial charge on any atom is 0.0976 e. The van der Waals surface area contributed by atoms with Gasteiger partial charge in [0.05, 0.1) is 13.8 Å². The highest BCUT2D eigenvalue weighted by Crippen LogP contribution is 2.23. The fourth-order valence-corrected chi connectivity index (χ4v) is 3.47. The molecule has 0 radical (unpaired) electrons. The molecule has 1 heterocycles. The lowest BCUT2D eigenvalue weighted by Gasteiger charge is -2.13. The van der Waals surface area contributed by atoms with Gasteiger partial charge in [-0.3, -0.25) is 4.98 Å². The Labute approximate surface area is 80.5 Å². The van der Waals surface area contributed by atoms with Crippen molar-refractivity contribution in [2.24, 2.45) is 0 Å². The predicted molar refractivity (Wildman–Crippen MR) is 59.3 cm³/mol. The van der Waals surface area contributed by atoms with Crippen LogP contribution in [0.1, 0.15) is 25.8 Å². The van der Waals surface area contributed by atoms with E-state index in [1.807, 2.05) is 11.3 Å². The topological polar surface area (TPSA) is 12.9 Å². The van der Waals surface area contributed by atoms with Gasteiger partial charge >= 0.3 is 0 Å². The monoisotopic (exact) mass is 199 g/mol. The molecule has 1 nitrogen and oxygen atoms in total. The summed E-state index contributed by atoms with van der Waals surface area (Å²) in [5.41, 5.74) is 0.228. The fourth-order valence-electron chi connectivity index (χ4n) is 0.896. The zero-order valence-electron chi connectivity index (χ0n) is 8.51. The Hall–Kier alpha value is -0.153. The first kappa shape index (κ1) is 9.93. The zero-order chi connectivity index (χ0) is 9.35. The third-order valence-corrected chi connectivity index (χ3v) is 4.76. The summed E-state index contributed by atoms with van der Waals surface area (Å²) in [6.45, 7) is 11.3. The summed E-state index contributed by atoms with van der Waals surface area (Å²) in [6.07, 6.45) is 0. The molecular weight excluding hydrogens is 182 g/mol. The Balaban J connectivity index is 2.92. The van der Waals surface area contributed by atoms with Crippen molar-refractivity contribution in [3.63, 3.8) is 0 Å². The molecular formula is C9H17NSSi. The Morgan fingerprint density at radius 3 is 2.17 bits per heavy atom. The van der Waals surface area contributed by atoms with Crippen LogP contribution < -0.4 is 5.32 Å². The van der Waals surface area contributed by atoms with Gasteiger partial charge in [-0.15, -0.1) is 11.3 Å². The molecule has 68 valence electrons. The lowest BCUT2D eigenvalue weighted by Crippen LogP contribution is -2.25. The molecule has 0 atom stereocenters. The molecule has 0 N–H and O–H groups in total. The smallest absolute Gasteiger partial charge is 0.0976 e. The minimum Gasteiger partial charge on any atom is -0.251 e. The van der Waals surface area contributed by atoms with Crippen molar-refractivity contribution in [3.05, 3.63) is 10.4 Å². The molecule has 0 aliphatic heterocycles. The van der Waals surface area contributed by atoms with Crippen LogP contribution in [0.15, 0.2) is 5.38 Å². The third-order valence-electron chi connectivity index (χ3n) is 1.76. The Bertz CT molecular complexity index is 260. The quantitative estimate of drug-likeness (QED) is 0.632. The van der Waals surface area contributed by atoms with Crippen molar-refractivity contribution >= 4 is 25.5 Å². The van der Waals surface area contributed by atoms with Crippen LogP contribution in [-0.4, -0.2) is 13.8 Å². The van der Waals surface area contributed by atoms with Crippen molar-refractivity contribution in [3.8, 4) is 0 Å². The van der Waals surface area contributed by atoms with Crippen LogP contribution in [-0.2, 0) is 5.41 Å². The second-order valence-corrected chi connectivity index (χ2v) is 8.24. The van der Waals surface area contributed by atoms with Crippen LogP contribution in [0, 0.1) is 0 Å². The van der Waals surface area contributed by atoms with Crippen LogP contribution in [0.5, 0.6) is 0 Å². The standard InChI is InChI=1S/C9H17NSSi/c1-9(2,3)8-10-7(6-11-8)12(4)5/h6,12H,1-5H3. The third kappa shape index (κ3) is 2.17. The molecule has 3 heteroatoms. The van der Waals surface area contributed by atoms with E-state index in [1.165, 1.54) is 10.3 Å². The molecule has 0 spiro atoms. The Morgan fingerprint density at radius 1 is 1.33 bits per heavy atom. The van der Waals surface area contributed by atoms with Gasteiger partial charge in [-0.1, -0.05) is 33.9 Å². The van der Waals surface area contributed by atoms with E-state index in [-0.39, 0.29) is 5.41 Å². The van der Waals surface area contributed by atoms with Gasteiger partial charge in [-0.05, 0) is 0 Å². The van der Waals surface area contributed by atoms with Gasteiger partial charge in [0.2, 0.25) is 0 Å². The molecule has 1 aromatic rings. The van der Waals surface area contributed by atoms with Gasteiger partial charge in [0, 0.05) is 16.1 Å². The lowest BCUT2D eigenvalue weighted by atomic mass is 9.98. The number of hydrogen-bond acceptors (Lipinski definition) is 2. The molecule has 0 amide bonds. The summed E-state index contributed by atoms with van der Waals surface area (Å²) in [7, 11) is -0.681.